The van der Waals surface area contributed by atoms with Gasteiger partial charge in [0, 0.05) is 0 Å². The fraction of sp³-hybridized carbons (Fsp3) is 0.529. The zero-order valence-electron chi connectivity index (χ0n) is 14.0. The van der Waals surface area contributed by atoms with Crippen molar-refractivity contribution < 1.29 is 18.4 Å². The lowest BCUT2D eigenvalue weighted by Crippen LogP contribution is -3.12. The van der Waals surface area contributed by atoms with Crippen molar-refractivity contribution in [1.82, 2.24) is 9.78 Å². The van der Waals surface area contributed by atoms with E-state index in [0.717, 1.165) is 25.7 Å². The maximum atomic E-state index is 12.9. The number of quaternary nitrogens is 1. The molecular formula is C17H23FN3O2S+. The van der Waals surface area contributed by atoms with E-state index < -0.39 is 6.10 Å². The minimum Gasteiger partial charge on any atom is -0.481 e. The van der Waals surface area contributed by atoms with Gasteiger partial charge in [-0.05, 0) is 62.2 Å². The standard InChI is InChI=1S/C17H22FN3O2S/c1-12-7-9-20(10-8-12)11-21-17(24)23-16(19-21)13(2)22-15-5-3-14(18)4-6-15/h3-6,12-13H,7-11H2,1-2H3/p+1/t13-/m0/s1. The smallest absolute Gasteiger partial charge is 0.292 e. The zero-order chi connectivity index (χ0) is 17.1. The number of likely N-dealkylation sites (tertiary alicyclic amines) is 1. The summed E-state index contributed by atoms with van der Waals surface area (Å²) in [6, 6.07) is 5.88. The highest BCUT2D eigenvalue weighted by Gasteiger charge is 2.22. The number of rotatable bonds is 5. The minimum atomic E-state index is -0.394. The molecule has 2 heterocycles. The first-order valence-corrected chi connectivity index (χ1v) is 8.75. The molecule has 7 heteroatoms. The van der Waals surface area contributed by atoms with E-state index in [1.54, 1.807) is 16.8 Å². The molecule has 1 atom stereocenters. The predicted molar refractivity (Wildman–Crippen MR) is 89.9 cm³/mol. The first kappa shape index (κ1) is 17.1. The Labute approximate surface area is 146 Å². The molecule has 1 saturated heterocycles. The third kappa shape index (κ3) is 4.21. The number of hydrogen-bond donors (Lipinski definition) is 1. The van der Waals surface area contributed by atoms with Crippen LogP contribution in [0, 0.1) is 16.6 Å². The number of halogens is 1. The molecule has 0 saturated carbocycles. The normalized spacial score (nSPS) is 22.3. The van der Waals surface area contributed by atoms with Gasteiger partial charge in [-0.1, -0.05) is 6.92 Å². The predicted octanol–water partition coefficient (Wildman–Crippen LogP) is 2.76. The van der Waals surface area contributed by atoms with Gasteiger partial charge in [-0.25, -0.2) is 4.39 Å². The fourth-order valence-corrected chi connectivity index (χ4v) is 3.09. The Bertz CT molecular complexity index is 720. The fourth-order valence-electron chi connectivity index (χ4n) is 2.89. The molecule has 0 unspecified atom stereocenters. The maximum absolute atomic E-state index is 12.9. The van der Waals surface area contributed by atoms with Crippen LogP contribution in [-0.2, 0) is 6.67 Å². The van der Waals surface area contributed by atoms with Crippen molar-refractivity contribution in [3.05, 3.63) is 40.8 Å². The van der Waals surface area contributed by atoms with Gasteiger partial charge in [0.05, 0.1) is 13.1 Å². The summed E-state index contributed by atoms with van der Waals surface area (Å²) in [5.41, 5.74) is 0. The summed E-state index contributed by atoms with van der Waals surface area (Å²) in [6.45, 7) is 7.12. The average molecular weight is 352 g/mol. The van der Waals surface area contributed by atoms with E-state index in [1.165, 1.54) is 29.9 Å². The molecule has 1 N–H and O–H groups in total. The first-order valence-electron chi connectivity index (χ1n) is 8.35. The first-order chi connectivity index (χ1) is 11.5. The number of benzene rings is 1. The van der Waals surface area contributed by atoms with Crippen LogP contribution in [0.3, 0.4) is 0 Å². The molecule has 5 nitrogen and oxygen atoms in total. The Morgan fingerprint density at radius 1 is 1.38 bits per heavy atom. The van der Waals surface area contributed by atoms with Crippen LogP contribution in [-0.4, -0.2) is 22.9 Å². The highest BCUT2D eigenvalue weighted by molar-refractivity contribution is 7.71. The summed E-state index contributed by atoms with van der Waals surface area (Å²) in [5.74, 6) is 1.51. The van der Waals surface area contributed by atoms with Gasteiger partial charge in [-0.15, -0.1) is 5.10 Å². The average Bonchev–Trinajstić information content (AvgIpc) is 2.93. The van der Waals surface area contributed by atoms with Crippen LogP contribution >= 0.6 is 12.2 Å². The second-order valence-electron chi connectivity index (χ2n) is 6.51. The Balaban J connectivity index is 1.64. The van der Waals surface area contributed by atoms with Gasteiger partial charge in [-0.2, -0.15) is 4.68 Å². The quantitative estimate of drug-likeness (QED) is 0.841. The molecule has 0 aliphatic carbocycles. The molecule has 24 heavy (non-hydrogen) atoms. The lowest BCUT2D eigenvalue weighted by Gasteiger charge is -2.26. The van der Waals surface area contributed by atoms with Gasteiger partial charge in [0.1, 0.15) is 11.6 Å². The molecule has 1 aromatic carbocycles. The molecule has 2 aromatic rings. The molecule has 1 aromatic heterocycles. The van der Waals surface area contributed by atoms with Crippen LogP contribution in [0.5, 0.6) is 5.75 Å². The van der Waals surface area contributed by atoms with Gasteiger partial charge in [0.15, 0.2) is 12.8 Å². The van der Waals surface area contributed by atoms with Crippen LogP contribution in [0.15, 0.2) is 28.7 Å². The van der Waals surface area contributed by atoms with Crippen molar-refractivity contribution in [3.63, 3.8) is 0 Å². The summed E-state index contributed by atoms with van der Waals surface area (Å²) in [4.78, 5) is 1.84. The highest BCUT2D eigenvalue weighted by Crippen LogP contribution is 2.21. The molecule has 1 fully saturated rings. The van der Waals surface area contributed by atoms with E-state index in [-0.39, 0.29) is 5.82 Å². The molecule has 1 aliphatic rings. The molecule has 0 bridgehead atoms. The largest absolute Gasteiger partial charge is 0.481 e. The van der Waals surface area contributed by atoms with Crippen LogP contribution in [0.2, 0.25) is 0 Å². The highest BCUT2D eigenvalue weighted by atomic mass is 32.1. The second kappa shape index (κ2) is 7.44. The number of nitrogens with one attached hydrogen (secondary N) is 1. The molecule has 3 rings (SSSR count). The van der Waals surface area contributed by atoms with Crippen LogP contribution in [0.25, 0.3) is 0 Å². The number of hydrogen-bond acceptors (Lipinski definition) is 4. The Kier molecular flexibility index (Phi) is 5.30. The molecular weight excluding hydrogens is 329 g/mol. The minimum absolute atomic E-state index is 0.296. The van der Waals surface area contributed by atoms with Gasteiger partial charge in [0.25, 0.3) is 10.7 Å². The monoisotopic (exact) mass is 352 g/mol. The molecule has 130 valence electrons. The van der Waals surface area contributed by atoms with Crippen molar-refractivity contribution in [2.24, 2.45) is 5.92 Å². The Morgan fingerprint density at radius 2 is 2.04 bits per heavy atom. The number of piperidine rings is 1. The number of nitrogens with zero attached hydrogens (tertiary/aromatic N) is 2. The lowest BCUT2D eigenvalue weighted by atomic mass is 10.00. The summed E-state index contributed by atoms with van der Waals surface area (Å²) >= 11 is 5.28. The van der Waals surface area contributed by atoms with Gasteiger partial charge in [0.2, 0.25) is 0 Å². The van der Waals surface area contributed by atoms with Crippen molar-refractivity contribution in [1.29, 1.82) is 0 Å². The Morgan fingerprint density at radius 3 is 2.71 bits per heavy atom. The lowest BCUT2D eigenvalue weighted by molar-refractivity contribution is -0.929. The molecule has 0 radical (unpaired) electrons. The summed E-state index contributed by atoms with van der Waals surface area (Å²) in [6.07, 6.45) is 2.07. The maximum Gasteiger partial charge on any atom is 0.292 e. The van der Waals surface area contributed by atoms with E-state index in [2.05, 4.69) is 12.0 Å². The van der Waals surface area contributed by atoms with Crippen molar-refractivity contribution >= 4 is 12.2 Å². The second-order valence-corrected chi connectivity index (χ2v) is 6.86. The van der Waals surface area contributed by atoms with E-state index >= 15 is 0 Å². The van der Waals surface area contributed by atoms with Gasteiger partial charge in [-0.3, -0.25) is 0 Å². The van der Waals surface area contributed by atoms with E-state index in [4.69, 9.17) is 21.4 Å². The van der Waals surface area contributed by atoms with Gasteiger partial charge < -0.3 is 14.1 Å². The number of ether oxygens (including phenoxy) is 1. The topological polar surface area (TPSA) is 44.6 Å². The number of aromatic nitrogens is 2. The van der Waals surface area contributed by atoms with Crippen LogP contribution < -0.4 is 9.64 Å². The van der Waals surface area contributed by atoms with Crippen LogP contribution in [0.1, 0.15) is 38.7 Å². The third-order valence-corrected chi connectivity index (χ3v) is 4.75. The summed E-state index contributed by atoms with van der Waals surface area (Å²) in [7, 11) is 0. The van der Waals surface area contributed by atoms with Crippen molar-refractivity contribution in [3.8, 4) is 5.75 Å². The van der Waals surface area contributed by atoms with Crippen molar-refractivity contribution in [2.75, 3.05) is 13.1 Å². The summed E-state index contributed by atoms with van der Waals surface area (Å²) < 4.78 is 26.0. The van der Waals surface area contributed by atoms with E-state index in [1.807, 2.05) is 6.92 Å². The van der Waals surface area contributed by atoms with E-state index in [9.17, 15) is 4.39 Å². The van der Waals surface area contributed by atoms with Gasteiger partial charge >= 0.3 is 0 Å². The van der Waals surface area contributed by atoms with E-state index in [0.29, 0.717) is 16.5 Å². The zero-order valence-corrected chi connectivity index (χ0v) is 14.8. The Hall–Kier alpha value is -1.73. The third-order valence-electron chi connectivity index (χ3n) is 4.45. The summed E-state index contributed by atoms with van der Waals surface area (Å²) in [5, 5.41) is 4.46. The van der Waals surface area contributed by atoms with Crippen molar-refractivity contribution in [2.45, 2.75) is 39.5 Å². The molecule has 1 aliphatic heterocycles. The SMILES string of the molecule is CC1CC[NH+](Cn2nc([C@H](C)Oc3ccc(F)cc3)oc2=S)CC1. The molecule has 0 amide bonds. The van der Waals surface area contributed by atoms with Crippen LogP contribution in [0.4, 0.5) is 4.39 Å². The molecule has 0 spiro atoms.